The number of hydrogen-bond acceptors (Lipinski definition) is 6. The SMILES string of the molecule is O=C(OCc1ccc(Cl)nc1)c1cccc(S(=O)(=O)NCc2ccco2)c1. The van der Waals surface area contributed by atoms with E-state index in [0.717, 1.165) is 0 Å². The molecule has 0 amide bonds. The number of rotatable bonds is 7. The first kappa shape index (κ1) is 19.1. The van der Waals surface area contributed by atoms with Gasteiger partial charge in [-0.25, -0.2) is 22.9 Å². The van der Waals surface area contributed by atoms with E-state index in [-0.39, 0.29) is 23.6 Å². The predicted molar refractivity (Wildman–Crippen MR) is 97.5 cm³/mol. The van der Waals surface area contributed by atoms with Crippen molar-refractivity contribution < 1.29 is 22.4 Å². The molecule has 140 valence electrons. The Kier molecular flexibility index (Phi) is 5.90. The third kappa shape index (κ3) is 5.16. The van der Waals surface area contributed by atoms with Gasteiger partial charge in [0.15, 0.2) is 0 Å². The number of hydrogen-bond donors (Lipinski definition) is 1. The number of nitrogens with zero attached hydrogens (tertiary/aromatic N) is 1. The number of sulfonamides is 1. The summed E-state index contributed by atoms with van der Waals surface area (Å²) in [5.74, 6) is -0.168. The molecule has 2 heterocycles. The molecule has 1 N–H and O–H groups in total. The summed E-state index contributed by atoms with van der Waals surface area (Å²) in [4.78, 5) is 16.1. The van der Waals surface area contributed by atoms with Gasteiger partial charge in [-0.15, -0.1) is 0 Å². The Labute approximate surface area is 161 Å². The minimum Gasteiger partial charge on any atom is -0.468 e. The molecule has 0 aliphatic carbocycles. The minimum absolute atomic E-state index is 0.00325. The second-order valence-electron chi connectivity index (χ2n) is 5.50. The van der Waals surface area contributed by atoms with Gasteiger partial charge in [0.1, 0.15) is 17.5 Å². The first-order chi connectivity index (χ1) is 12.9. The maximum atomic E-state index is 12.4. The quantitative estimate of drug-likeness (QED) is 0.478. The molecule has 3 aromatic rings. The molecular weight excluding hydrogens is 392 g/mol. The Morgan fingerprint density at radius 3 is 2.74 bits per heavy atom. The Balaban J connectivity index is 1.66. The molecule has 0 saturated heterocycles. The summed E-state index contributed by atoms with van der Waals surface area (Å²) in [5.41, 5.74) is 0.787. The maximum Gasteiger partial charge on any atom is 0.338 e. The Morgan fingerprint density at radius 2 is 2.04 bits per heavy atom. The molecule has 2 aromatic heterocycles. The molecule has 9 heteroatoms. The van der Waals surface area contributed by atoms with Gasteiger partial charge in [-0.05, 0) is 36.4 Å². The monoisotopic (exact) mass is 406 g/mol. The van der Waals surface area contributed by atoms with Crippen molar-refractivity contribution in [1.82, 2.24) is 9.71 Å². The molecule has 0 aliphatic rings. The van der Waals surface area contributed by atoms with E-state index in [1.54, 1.807) is 24.3 Å². The van der Waals surface area contributed by atoms with Crippen LogP contribution in [0.15, 0.2) is 70.3 Å². The van der Waals surface area contributed by atoms with Crippen LogP contribution in [0.25, 0.3) is 0 Å². The molecule has 0 radical (unpaired) electrons. The lowest BCUT2D eigenvalue weighted by molar-refractivity contribution is 0.0472. The number of halogens is 1. The summed E-state index contributed by atoms with van der Waals surface area (Å²) in [5, 5.41) is 0.338. The van der Waals surface area contributed by atoms with Crippen molar-refractivity contribution in [2.45, 2.75) is 18.0 Å². The first-order valence-electron chi connectivity index (χ1n) is 7.84. The standard InChI is InChI=1S/C18H15ClN2O5S/c19-17-7-6-13(10-20-17)12-26-18(22)14-3-1-5-16(9-14)27(23,24)21-11-15-4-2-8-25-15/h1-10,21H,11-12H2. The molecule has 27 heavy (non-hydrogen) atoms. The van der Waals surface area contributed by atoms with Crippen LogP contribution in [0.2, 0.25) is 5.15 Å². The number of furan rings is 1. The van der Waals surface area contributed by atoms with Crippen LogP contribution in [0.5, 0.6) is 0 Å². The van der Waals surface area contributed by atoms with Crippen molar-refractivity contribution in [1.29, 1.82) is 0 Å². The number of carbonyl (C=O) groups excluding carboxylic acids is 1. The smallest absolute Gasteiger partial charge is 0.338 e. The summed E-state index contributed by atoms with van der Waals surface area (Å²) >= 11 is 5.70. The Morgan fingerprint density at radius 1 is 1.19 bits per heavy atom. The van der Waals surface area contributed by atoms with Gasteiger partial charge in [-0.3, -0.25) is 0 Å². The Bertz CT molecular complexity index is 1020. The van der Waals surface area contributed by atoms with Crippen molar-refractivity contribution in [3.63, 3.8) is 0 Å². The largest absolute Gasteiger partial charge is 0.468 e. The van der Waals surface area contributed by atoms with E-state index in [1.807, 2.05) is 0 Å². The highest BCUT2D eigenvalue weighted by Gasteiger charge is 2.17. The highest BCUT2D eigenvalue weighted by atomic mass is 35.5. The van der Waals surface area contributed by atoms with Crippen LogP contribution in [-0.2, 0) is 27.9 Å². The van der Waals surface area contributed by atoms with Crippen LogP contribution in [-0.4, -0.2) is 19.4 Å². The minimum atomic E-state index is -3.81. The van der Waals surface area contributed by atoms with Crippen LogP contribution < -0.4 is 4.72 Å². The molecular formula is C18H15ClN2O5S. The van der Waals surface area contributed by atoms with Crippen LogP contribution in [0.3, 0.4) is 0 Å². The van der Waals surface area contributed by atoms with Crippen molar-refractivity contribution in [2.24, 2.45) is 0 Å². The lowest BCUT2D eigenvalue weighted by atomic mass is 10.2. The number of ether oxygens (including phenoxy) is 1. The van der Waals surface area contributed by atoms with E-state index in [2.05, 4.69) is 9.71 Å². The van der Waals surface area contributed by atoms with Crippen LogP contribution in [0, 0.1) is 0 Å². The first-order valence-corrected chi connectivity index (χ1v) is 9.70. The molecule has 0 bridgehead atoms. The molecule has 0 atom stereocenters. The Hall–Kier alpha value is -2.68. The maximum absolute atomic E-state index is 12.4. The lowest BCUT2D eigenvalue weighted by Gasteiger charge is -2.08. The van der Waals surface area contributed by atoms with Gasteiger partial charge in [0.05, 0.1) is 23.3 Å². The molecule has 0 fully saturated rings. The molecule has 0 aliphatic heterocycles. The van der Waals surface area contributed by atoms with Gasteiger partial charge in [-0.2, -0.15) is 0 Å². The lowest BCUT2D eigenvalue weighted by Crippen LogP contribution is -2.23. The average molecular weight is 407 g/mol. The van der Waals surface area contributed by atoms with Crippen molar-refractivity contribution in [2.75, 3.05) is 0 Å². The van der Waals surface area contributed by atoms with E-state index in [1.165, 1.54) is 36.7 Å². The number of esters is 1. The zero-order valence-electron chi connectivity index (χ0n) is 14.0. The van der Waals surface area contributed by atoms with Gasteiger partial charge in [0.2, 0.25) is 10.0 Å². The summed E-state index contributed by atoms with van der Waals surface area (Å²) in [6.07, 6.45) is 2.95. The predicted octanol–water partition coefficient (Wildman–Crippen LogP) is 3.16. The fourth-order valence-electron chi connectivity index (χ4n) is 2.18. The second kappa shape index (κ2) is 8.34. The van der Waals surface area contributed by atoms with Gasteiger partial charge < -0.3 is 9.15 Å². The summed E-state index contributed by atoms with van der Waals surface area (Å²) < 4.78 is 37.5. The van der Waals surface area contributed by atoms with Gasteiger partial charge in [-0.1, -0.05) is 23.7 Å². The molecule has 7 nitrogen and oxygen atoms in total. The number of nitrogens with one attached hydrogen (secondary N) is 1. The topological polar surface area (TPSA) is 98.5 Å². The molecule has 0 saturated carbocycles. The zero-order chi connectivity index (χ0) is 19.3. The van der Waals surface area contributed by atoms with Crippen LogP contribution in [0.1, 0.15) is 21.7 Å². The summed E-state index contributed by atoms with van der Waals surface area (Å²) in [6, 6.07) is 12.2. The van der Waals surface area contributed by atoms with Crippen molar-refractivity contribution in [3.8, 4) is 0 Å². The third-order valence-electron chi connectivity index (χ3n) is 3.56. The van der Waals surface area contributed by atoms with E-state index >= 15 is 0 Å². The van der Waals surface area contributed by atoms with Crippen molar-refractivity contribution in [3.05, 3.63) is 83.0 Å². The van der Waals surface area contributed by atoms with Gasteiger partial charge >= 0.3 is 5.97 Å². The molecule has 3 rings (SSSR count). The zero-order valence-corrected chi connectivity index (χ0v) is 15.5. The van der Waals surface area contributed by atoms with E-state index < -0.39 is 16.0 Å². The normalized spacial score (nSPS) is 11.3. The van der Waals surface area contributed by atoms with E-state index in [9.17, 15) is 13.2 Å². The number of carbonyl (C=O) groups is 1. The van der Waals surface area contributed by atoms with Gasteiger partial charge in [0.25, 0.3) is 0 Å². The number of aromatic nitrogens is 1. The van der Waals surface area contributed by atoms with Crippen molar-refractivity contribution >= 4 is 27.6 Å². The molecule has 1 aromatic carbocycles. The number of benzene rings is 1. The van der Waals surface area contributed by atoms with E-state index in [4.69, 9.17) is 20.8 Å². The van der Waals surface area contributed by atoms with Crippen LogP contribution in [0.4, 0.5) is 0 Å². The fourth-order valence-corrected chi connectivity index (χ4v) is 3.33. The van der Waals surface area contributed by atoms with Crippen LogP contribution >= 0.6 is 11.6 Å². The number of pyridine rings is 1. The summed E-state index contributed by atoms with van der Waals surface area (Å²) in [7, 11) is -3.81. The fraction of sp³-hybridized carbons (Fsp3) is 0.111. The second-order valence-corrected chi connectivity index (χ2v) is 7.65. The molecule has 0 spiro atoms. The average Bonchev–Trinajstić information content (AvgIpc) is 3.20. The highest BCUT2D eigenvalue weighted by Crippen LogP contribution is 2.14. The molecule has 0 unspecified atom stereocenters. The summed E-state index contributed by atoms with van der Waals surface area (Å²) in [6.45, 7) is 0.00426. The van der Waals surface area contributed by atoms with Gasteiger partial charge in [0, 0.05) is 11.8 Å². The highest BCUT2D eigenvalue weighted by molar-refractivity contribution is 7.89. The van der Waals surface area contributed by atoms with E-state index in [0.29, 0.717) is 16.5 Å². The third-order valence-corrected chi connectivity index (χ3v) is 5.18.